The first kappa shape index (κ1) is 23.9. The van der Waals surface area contributed by atoms with Crippen LogP contribution >= 0.6 is 0 Å². The summed E-state index contributed by atoms with van der Waals surface area (Å²) < 4.78 is 6.81. The molecule has 0 radical (unpaired) electrons. The number of imide groups is 1. The standard InChI is InChI=1S/C26H26N4O5/c1-16-11-12-20-21(14-16)26(34)29(25(20)33)13-7-10-23(32)35-15-22(31)27-24-17(2)28-30(18(24)3)19-8-5-4-6-9-19/h4-6,8-9,11-12,14H,7,10,13,15H2,1-3H3,(H,27,31). The highest BCUT2D eigenvalue weighted by atomic mass is 16.5. The molecule has 0 atom stereocenters. The van der Waals surface area contributed by atoms with Gasteiger partial charge in [0, 0.05) is 13.0 Å². The zero-order chi connectivity index (χ0) is 25.1. The van der Waals surface area contributed by atoms with Crippen molar-refractivity contribution in [1.29, 1.82) is 0 Å². The largest absolute Gasteiger partial charge is 0.456 e. The van der Waals surface area contributed by atoms with E-state index in [1.807, 2.05) is 44.2 Å². The lowest BCUT2D eigenvalue weighted by Gasteiger charge is -2.13. The van der Waals surface area contributed by atoms with E-state index < -0.39 is 18.5 Å². The van der Waals surface area contributed by atoms with Crippen LogP contribution in [-0.2, 0) is 14.3 Å². The molecule has 0 bridgehead atoms. The van der Waals surface area contributed by atoms with E-state index in [0.29, 0.717) is 22.5 Å². The van der Waals surface area contributed by atoms with E-state index in [4.69, 9.17) is 4.74 Å². The van der Waals surface area contributed by atoms with Gasteiger partial charge in [0.2, 0.25) is 0 Å². The first-order valence-corrected chi connectivity index (χ1v) is 11.3. The molecule has 1 aliphatic rings. The van der Waals surface area contributed by atoms with Crippen LogP contribution in [0.3, 0.4) is 0 Å². The Hall–Kier alpha value is -4.27. The van der Waals surface area contributed by atoms with Crippen LogP contribution in [0.15, 0.2) is 48.5 Å². The molecule has 0 saturated carbocycles. The van der Waals surface area contributed by atoms with Crippen LogP contribution in [0, 0.1) is 20.8 Å². The van der Waals surface area contributed by atoms with Crippen LogP contribution in [0.4, 0.5) is 5.69 Å². The number of carbonyl (C=O) groups excluding carboxylic acids is 4. The van der Waals surface area contributed by atoms with Gasteiger partial charge in [-0.25, -0.2) is 4.68 Å². The van der Waals surface area contributed by atoms with Gasteiger partial charge in [-0.05, 0) is 51.5 Å². The number of rotatable bonds is 8. The van der Waals surface area contributed by atoms with E-state index in [1.165, 1.54) is 0 Å². The predicted octanol–water partition coefficient (Wildman–Crippen LogP) is 3.36. The summed E-state index contributed by atoms with van der Waals surface area (Å²) in [5, 5.41) is 7.23. The Morgan fingerprint density at radius 2 is 1.69 bits per heavy atom. The van der Waals surface area contributed by atoms with Crippen molar-refractivity contribution in [2.24, 2.45) is 0 Å². The van der Waals surface area contributed by atoms with Crippen LogP contribution in [0.25, 0.3) is 5.69 Å². The van der Waals surface area contributed by atoms with Crippen LogP contribution < -0.4 is 5.32 Å². The SMILES string of the molecule is Cc1ccc2c(c1)C(=O)N(CCCC(=O)OCC(=O)Nc1c(C)nn(-c3ccccc3)c1C)C2=O. The summed E-state index contributed by atoms with van der Waals surface area (Å²) in [6.45, 7) is 5.14. The number of esters is 1. The fraction of sp³-hybridized carbons (Fsp3) is 0.269. The van der Waals surface area contributed by atoms with Gasteiger partial charge in [0.1, 0.15) is 0 Å². The van der Waals surface area contributed by atoms with Crippen molar-refractivity contribution < 1.29 is 23.9 Å². The Kier molecular flexibility index (Phi) is 6.77. The van der Waals surface area contributed by atoms with Crippen molar-refractivity contribution in [2.75, 3.05) is 18.5 Å². The molecule has 0 saturated heterocycles. The Morgan fingerprint density at radius 1 is 0.971 bits per heavy atom. The fourth-order valence-electron chi connectivity index (χ4n) is 4.03. The van der Waals surface area contributed by atoms with Crippen LogP contribution in [0.2, 0.25) is 0 Å². The van der Waals surface area contributed by atoms with E-state index in [1.54, 1.807) is 29.8 Å². The summed E-state index contributed by atoms with van der Waals surface area (Å²) >= 11 is 0. The van der Waals surface area contributed by atoms with Crippen molar-refractivity contribution in [1.82, 2.24) is 14.7 Å². The fourth-order valence-corrected chi connectivity index (χ4v) is 4.03. The third-order valence-electron chi connectivity index (χ3n) is 5.81. The average molecular weight is 475 g/mol. The van der Waals surface area contributed by atoms with E-state index in [9.17, 15) is 19.2 Å². The molecule has 3 amide bonds. The number of nitrogens with one attached hydrogen (secondary N) is 1. The molecule has 180 valence electrons. The smallest absolute Gasteiger partial charge is 0.306 e. The van der Waals surface area contributed by atoms with Gasteiger partial charge in [-0.3, -0.25) is 24.1 Å². The predicted molar refractivity (Wildman–Crippen MR) is 128 cm³/mol. The second kappa shape index (κ2) is 9.92. The van der Waals surface area contributed by atoms with Crippen molar-refractivity contribution in [3.8, 4) is 5.69 Å². The van der Waals surface area contributed by atoms with Gasteiger partial charge in [-0.2, -0.15) is 5.10 Å². The minimum absolute atomic E-state index is 0.0241. The number of aromatic nitrogens is 2. The molecule has 0 spiro atoms. The number of carbonyl (C=O) groups is 4. The molecule has 1 aliphatic heterocycles. The van der Waals surface area contributed by atoms with Crippen LogP contribution in [0.1, 0.15) is 50.5 Å². The molecule has 1 N–H and O–H groups in total. The second-order valence-electron chi connectivity index (χ2n) is 8.42. The Morgan fingerprint density at radius 3 is 2.43 bits per heavy atom. The highest BCUT2D eigenvalue weighted by Crippen LogP contribution is 2.24. The van der Waals surface area contributed by atoms with E-state index >= 15 is 0 Å². The summed E-state index contributed by atoms with van der Waals surface area (Å²) in [6.07, 6.45) is 0.219. The number of fused-ring (bicyclic) bond motifs is 1. The maximum atomic E-state index is 12.5. The number of para-hydroxylation sites is 1. The average Bonchev–Trinajstić information content (AvgIpc) is 3.25. The van der Waals surface area contributed by atoms with Crippen molar-refractivity contribution in [2.45, 2.75) is 33.6 Å². The zero-order valence-corrected chi connectivity index (χ0v) is 19.8. The van der Waals surface area contributed by atoms with Gasteiger partial charge in [0.15, 0.2) is 6.61 Å². The Balaban J connectivity index is 1.25. The van der Waals surface area contributed by atoms with Crippen molar-refractivity contribution >= 4 is 29.4 Å². The van der Waals surface area contributed by atoms with Gasteiger partial charge in [-0.1, -0.05) is 29.8 Å². The normalized spacial score (nSPS) is 12.6. The van der Waals surface area contributed by atoms with Gasteiger partial charge < -0.3 is 10.1 Å². The topological polar surface area (TPSA) is 111 Å². The van der Waals surface area contributed by atoms with Crippen molar-refractivity contribution in [3.63, 3.8) is 0 Å². The molecule has 2 aromatic carbocycles. The minimum atomic E-state index is -0.582. The van der Waals surface area contributed by atoms with Gasteiger partial charge in [0.05, 0.1) is 33.9 Å². The first-order chi connectivity index (χ1) is 16.8. The summed E-state index contributed by atoms with van der Waals surface area (Å²) in [7, 11) is 0. The lowest BCUT2D eigenvalue weighted by atomic mass is 10.1. The van der Waals surface area contributed by atoms with E-state index in [2.05, 4.69) is 10.4 Å². The lowest BCUT2D eigenvalue weighted by Crippen LogP contribution is -2.31. The highest BCUT2D eigenvalue weighted by Gasteiger charge is 2.35. The third-order valence-corrected chi connectivity index (χ3v) is 5.81. The van der Waals surface area contributed by atoms with Gasteiger partial charge >= 0.3 is 5.97 Å². The zero-order valence-electron chi connectivity index (χ0n) is 19.8. The number of ether oxygens (including phenoxy) is 1. The van der Waals surface area contributed by atoms with E-state index in [0.717, 1.165) is 21.8 Å². The van der Waals surface area contributed by atoms with E-state index in [-0.39, 0.29) is 31.2 Å². The first-order valence-electron chi connectivity index (χ1n) is 11.3. The maximum absolute atomic E-state index is 12.5. The number of anilines is 1. The number of aryl methyl sites for hydroxylation is 2. The Labute approximate surface area is 202 Å². The highest BCUT2D eigenvalue weighted by molar-refractivity contribution is 6.21. The van der Waals surface area contributed by atoms with Gasteiger partial charge in [-0.15, -0.1) is 0 Å². The number of hydrogen-bond donors (Lipinski definition) is 1. The molecule has 35 heavy (non-hydrogen) atoms. The number of nitrogens with zero attached hydrogens (tertiary/aromatic N) is 3. The summed E-state index contributed by atoms with van der Waals surface area (Å²) in [5.74, 6) is -1.78. The summed E-state index contributed by atoms with van der Waals surface area (Å²) in [4.78, 5) is 50.6. The minimum Gasteiger partial charge on any atom is -0.456 e. The molecule has 2 heterocycles. The third kappa shape index (κ3) is 4.98. The summed E-state index contributed by atoms with van der Waals surface area (Å²) in [5.41, 5.74) is 4.48. The molecular weight excluding hydrogens is 448 g/mol. The molecule has 3 aromatic rings. The van der Waals surface area contributed by atoms with Crippen LogP contribution in [0.5, 0.6) is 0 Å². The molecule has 9 heteroatoms. The van der Waals surface area contributed by atoms with Gasteiger partial charge in [0.25, 0.3) is 17.7 Å². The molecule has 9 nitrogen and oxygen atoms in total. The van der Waals surface area contributed by atoms with Crippen molar-refractivity contribution in [3.05, 3.63) is 76.6 Å². The maximum Gasteiger partial charge on any atom is 0.306 e. The number of benzene rings is 2. The molecule has 1 aromatic heterocycles. The Bertz CT molecular complexity index is 1310. The molecular formula is C26H26N4O5. The lowest BCUT2D eigenvalue weighted by molar-refractivity contribution is -0.147. The number of amides is 3. The molecule has 4 rings (SSSR count). The monoisotopic (exact) mass is 474 g/mol. The second-order valence-corrected chi connectivity index (χ2v) is 8.42. The quantitative estimate of drug-likeness (QED) is 0.396. The summed E-state index contributed by atoms with van der Waals surface area (Å²) in [6, 6.07) is 14.7. The molecule has 0 unspecified atom stereocenters. The number of hydrogen-bond acceptors (Lipinski definition) is 6. The molecule has 0 fully saturated rings. The molecule has 0 aliphatic carbocycles. The van der Waals surface area contributed by atoms with Crippen LogP contribution in [-0.4, -0.2) is 51.5 Å².